The van der Waals surface area contributed by atoms with Crippen molar-refractivity contribution in [3.63, 3.8) is 0 Å². The number of hydrogen-bond acceptors (Lipinski definition) is 1. The topological polar surface area (TPSA) is 0 Å². The van der Waals surface area contributed by atoms with Crippen LogP contribution < -0.4 is 0 Å². The van der Waals surface area contributed by atoms with Gasteiger partial charge in [-0.2, -0.15) is 11.8 Å². The van der Waals surface area contributed by atoms with E-state index < -0.39 is 0 Å². The maximum absolute atomic E-state index is 2.38. The van der Waals surface area contributed by atoms with Crippen molar-refractivity contribution in [2.75, 3.05) is 5.75 Å². The zero-order valence-electron chi connectivity index (χ0n) is 8.84. The fourth-order valence-electron chi connectivity index (χ4n) is 2.23. The van der Waals surface area contributed by atoms with Crippen molar-refractivity contribution in [1.82, 2.24) is 0 Å². The molecule has 0 aromatic heterocycles. The lowest BCUT2D eigenvalue weighted by atomic mass is 9.83. The molecule has 72 valence electrons. The summed E-state index contributed by atoms with van der Waals surface area (Å²) in [4.78, 5) is 0. The van der Waals surface area contributed by atoms with Gasteiger partial charge in [-0.25, -0.2) is 0 Å². The molecule has 1 rings (SSSR count). The molecule has 1 aliphatic rings. The highest BCUT2D eigenvalue weighted by molar-refractivity contribution is 7.99. The molecule has 0 bridgehead atoms. The van der Waals surface area contributed by atoms with E-state index in [1.54, 1.807) is 0 Å². The zero-order valence-corrected chi connectivity index (χ0v) is 9.66. The van der Waals surface area contributed by atoms with Gasteiger partial charge in [0, 0.05) is 5.25 Å². The molecule has 0 N–H and O–H groups in total. The van der Waals surface area contributed by atoms with Crippen LogP contribution in [0.2, 0.25) is 0 Å². The first-order valence-corrected chi connectivity index (χ1v) is 6.29. The van der Waals surface area contributed by atoms with Gasteiger partial charge in [0.25, 0.3) is 0 Å². The monoisotopic (exact) mass is 186 g/mol. The summed E-state index contributed by atoms with van der Waals surface area (Å²) < 4.78 is 0. The van der Waals surface area contributed by atoms with E-state index in [1.165, 1.54) is 18.6 Å². The second kappa shape index (κ2) is 4.55. The van der Waals surface area contributed by atoms with Gasteiger partial charge >= 0.3 is 0 Å². The van der Waals surface area contributed by atoms with E-state index in [9.17, 15) is 0 Å². The van der Waals surface area contributed by atoms with Crippen LogP contribution in [0, 0.1) is 17.8 Å². The molecule has 1 heteroatoms. The Bertz CT molecular complexity index is 113. The van der Waals surface area contributed by atoms with Crippen molar-refractivity contribution in [2.45, 2.75) is 45.8 Å². The van der Waals surface area contributed by atoms with Crippen LogP contribution in [0.5, 0.6) is 0 Å². The number of hydrogen-bond donors (Lipinski definition) is 0. The van der Waals surface area contributed by atoms with Gasteiger partial charge in [-0.1, -0.05) is 27.7 Å². The summed E-state index contributed by atoms with van der Waals surface area (Å²) in [6, 6.07) is 0. The number of rotatable bonds is 2. The average molecular weight is 186 g/mol. The average Bonchev–Trinajstić information content (AvgIpc) is 2.04. The quantitative estimate of drug-likeness (QED) is 0.632. The Hall–Kier alpha value is 0.350. The molecule has 0 amide bonds. The first-order valence-electron chi connectivity index (χ1n) is 5.24. The van der Waals surface area contributed by atoms with Gasteiger partial charge in [0.05, 0.1) is 0 Å². The van der Waals surface area contributed by atoms with Gasteiger partial charge in [-0.15, -0.1) is 0 Å². The molecule has 0 aromatic rings. The molecule has 12 heavy (non-hydrogen) atoms. The third-order valence-electron chi connectivity index (χ3n) is 2.93. The molecule has 0 aromatic carbocycles. The fourth-order valence-corrected chi connectivity index (χ4v) is 3.91. The standard InChI is InChI=1S/C11H22S/c1-8(2)10-6-5-7-12-11(10)9(3)4/h8-11H,5-7H2,1-4H3. The smallest absolute Gasteiger partial charge is 0.0101 e. The Balaban J connectivity index is 2.54. The van der Waals surface area contributed by atoms with Gasteiger partial charge in [0.15, 0.2) is 0 Å². The lowest BCUT2D eigenvalue weighted by Gasteiger charge is -2.36. The van der Waals surface area contributed by atoms with Crippen molar-refractivity contribution in [3.8, 4) is 0 Å². The minimum atomic E-state index is 0.864. The van der Waals surface area contributed by atoms with E-state index in [0.717, 1.165) is 23.0 Å². The lowest BCUT2D eigenvalue weighted by Crippen LogP contribution is -2.30. The molecule has 1 fully saturated rings. The largest absolute Gasteiger partial charge is 0.158 e. The highest BCUT2D eigenvalue weighted by Crippen LogP contribution is 2.39. The van der Waals surface area contributed by atoms with E-state index in [-0.39, 0.29) is 0 Å². The van der Waals surface area contributed by atoms with Crippen molar-refractivity contribution >= 4 is 11.8 Å². The zero-order chi connectivity index (χ0) is 9.14. The highest BCUT2D eigenvalue weighted by atomic mass is 32.2. The second-order valence-corrected chi connectivity index (χ2v) is 5.92. The summed E-state index contributed by atoms with van der Waals surface area (Å²) >= 11 is 2.21. The molecule has 0 aliphatic carbocycles. The van der Waals surface area contributed by atoms with Crippen molar-refractivity contribution < 1.29 is 0 Å². The maximum atomic E-state index is 2.38. The normalized spacial score (nSPS) is 31.5. The Morgan fingerprint density at radius 1 is 1.08 bits per heavy atom. The van der Waals surface area contributed by atoms with Gasteiger partial charge in [-0.3, -0.25) is 0 Å². The van der Waals surface area contributed by atoms with Crippen LogP contribution in [0.4, 0.5) is 0 Å². The molecule has 2 atom stereocenters. The van der Waals surface area contributed by atoms with E-state index >= 15 is 0 Å². The number of thioether (sulfide) groups is 1. The van der Waals surface area contributed by atoms with Gasteiger partial charge in [-0.05, 0) is 36.3 Å². The fraction of sp³-hybridized carbons (Fsp3) is 1.00. The minimum Gasteiger partial charge on any atom is -0.158 e. The molecule has 0 saturated carbocycles. The molecule has 0 spiro atoms. The van der Waals surface area contributed by atoms with Crippen LogP contribution in [-0.4, -0.2) is 11.0 Å². The molecule has 2 unspecified atom stereocenters. The van der Waals surface area contributed by atoms with E-state index in [0.29, 0.717) is 0 Å². The molecule has 1 heterocycles. The first kappa shape index (κ1) is 10.4. The third kappa shape index (κ3) is 2.42. The molecule has 1 aliphatic heterocycles. The summed E-state index contributed by atoms with van der Waals surface area (Å²) in [5, 5.41) is 0.929. The van der Waals surface area contributed by atoms with Gasteiger partial charge in [0.1, 0.15) is 0 Å². The summed E-state index contributed by atoms with van der Waals surface area (Å²) in [6.45, 7) is 9.51. The molecule has 0 nitrogen and oxygen atoms in total. The van der Waals surface area contributed by atoms with Crippen LogP contribution in [-0.2, 0) is 0 Å². The van der Waals surface area contributed by atoms with Gasteiger partial charge < -0.3 is 0 Å². The predicted molar refractivity (Wildman–Crippen MR) is 58.6 cm³/mol. The Kier molecular flexibility index (Phi) is 3.95. The van der Waals surface area contributed by atoms with E-state index in [2.05, 4.69) is 39.5 Å². The minimum absolute atomic E-state index is 0.864. The summed E-state index contributed by atoms with van der Waals surface area (Å²) in [6.07, 6.45) is 2.91. The maximum Gasteiger partial charge on any atom is 0.0101 e. The highest BCUT2D eigenvalue weighted by Gasteiger charge is 2.29. The van der Waals surface area contributed by atoms with Crippen LogP contribution in [0.3, 0.4) is 0 Å². The summed E-state index contributed by atoms with van der Waals surface area (Å²) in [5.74, 6) is 4.11. The lowest BCUT2D eigenvalue weighted by molar-refractivity contribution is 0.300. The second-order valence-electron chi connectivity index (χ2n) is 4.63. The third-order valence-corrected chi connectivity index (χ3v) is 4.73. The summed E-state index contributed by atoms with van der Waals surface area (Å²) in [5.41, 5.74) is 0. The van der Waals surface area contributed by atoms with Crippen molar-refractivity contribution in [2.24, 2.45) is 17.8 Å². The Morgan fingerprint density at radius 3 is 2.17 bits per heavy atom. The van der Waals surface area contributed by atoms with Crippen LogP contribution in [0.25, 0.3) is 0 Å². The summed E-state index contributed by atoms with van der Waals surface area (Å²) in [7, 11) is 0. The molecular formula is C11H22S. The predicted octanol–water partition coefficient (Wildman–Crippen LogP) is 3.81. The van der Waals surface area contributed by atoms with Crippen molar-refractivity contribution in [1.29, 1.82) is 0 Å². The first-order chi connectivity index (χ1) is 5.63. The van der Waals surface area contributed by atoms with Crippen LogP contribution >= 0.6 is 11.8 Å². The Labute approximate surface area is 81.5 Å². The van der Waals surface area contributed by atoms with Crippen LogP contribution in [0.15, 0.2) is 0 Å². The SMILES string of the molecule is CC(C)C1CCCSC1C(C)C. The Morgan fingerprint density at radius 2 is 1.75 bits per heavy atom. The van der Waals surface area contributed by atoms with Crippen molar-refractivity contribution in [3.05, 3.63) is 0 Å². The molecular weight excluding hydrogens is 164 g/mol. The molecule has 0 radical (unpaired) electrons. The van der Waals surface area contributed by atoms with Crippen LogP contribution in [0.1, 0.15) is 40.5 Å². The molecule has 1 saturated heterocycles. The van der Waals surface area contributed by atoms with Gasteiger partial charge in [0.2, 0.25) is 0 Å². The van der Waals surface area contributed by atoms with E-state index in [4.69, 9.17) is 0 Å². The van der Waals surface area contributed by atoms with E-state index in [1.807, 2.05) is 0 Å².